The van der Waals surface area contributed by atoms with E-state index in [0.717, 1.165) is 24.7 Å². The average molecular weight is 444 g/mol. The van der Waals surface area contributed by atoms with Crippen LogP contribution in [0.15, 0.2) is 42.5 Å². The highest BCUT2D eigenvalue weighted by Crippen LogP contribution is 2.31. The third-order valence-corrected chi connectivity index (χ3v) is 5.86. The summed E-state index contributed by atoms with van der Waals surface area (Å²) < 4.78 is 20.4. The number of nitrogen functional groups attached to an aromatic ring is 1. The summed E-state index contributed by atoms with van der Waals surface area (Å²) in [6, 6.07) is 11.1. The minimum Gasteiger partial charge on any atom is -0.496 e. The minimum atomic E-state index is -0.580. The van der Waals surface area contributed by atoms with Crippen molar-refractivity contribution in [1.29, 1.82) is 0 Å². The van der Waals surface area contributed by atoms with Crippen LogP contribution < -0.4 is 16.0 Å². The molecule has 0 saturated carbocycles. The van der Waals surface area contributed by atoms with Gasteiger partial charge in [-0.25, -0.2) is 15.0 Å². The van der Waals surface area contributed by atoms with Crippen LogP contribution in [0.25, 0.3) is 0 Å². The van der Waals surface area contributed by atoms with Gasteiger partial charge in [0.05, 0.1) is 19.7 Å². The zero-order valence-electron chi connectivity index (χ0n) is 18.7. The molecule has 0 bridgehead atoms. The van der Waals surface area contributed by atoms with Crippen molar-refractivity contribution in [3.05, 3.63) is 65.0 Å². The number of rotatable bonds is 6. The van der Waals surface area contributed by atoms with Crippen LogP contribution >= 0.6 is 0 Å². The number of hydrogen-bond donors (Lipinski definition) is 2. The number of piperazine rings is 1. The maximum absolute atomic E-state index is 14.9. The third kappa shape index (κ3) is 5.17. The standard InChI is InChI=1S/C23H30FN5O3/c1-16(19-6-4-5-7-21(19)32-3)29(23(31)28-12-10-27(2)11-13-28)15-18-9-8-17(14-20(18)24)22(30)26-25/h4-9,14,16H,10-13,15,25H2,1-3H3,(H,26,30). The second-order valence-corrected chi connectivity index (χ2v) is 7.90. The molecule has 1 heterocycles. The number of urea groups is 1. The Morgan fingerprint density at radius 1 is 1.19 bits per heavy atom. The number of hydrogen-bond acceptors (Lipinski definition) is 5. The monoisotopic (exact) mass is 443 g/mol. The first kappa shape index (κ1) is 23.5. The number of likely N-dealkylation sites (N-methyl/N-ethyl adjacent to an activating group) is 1. The van der Waals surface area contributed by atoms with Gasteiger partial charge < -0.3 is 19.4 Å². The number of ether oxygens (including phenoxy) is 1. The lowest BCUT2D eigenvalue weighted by Gasteiger charge is -2.39. The van der Waals surface area contributed by atoms with Crippen molar-refractivity contribution in [3.8, 4) is 5.75 Å². The molecule has 1 unspecified atom stereocenters. The molecular formula is C23H30FN5O3. The summed E-state index contributed by atoms with van der Waals surface area (Å²) in [4.78, 5) is 30.9. The molecule has 1 fully saturated rings. The molecule has 0 aromatic heterocycles. The predicted molar refractivity (Wildman–Crippen MR) is 119 cm³/mol. The SMILES string of the molecule is COc1ccccc1C(C)N(Cc1ccc(C(=O)NN)cc1F)C(=O)N1CCN(C)CC1. The normalized spacial score (nSPS) is 15.2. The van der Waals surface area contributed by atoms with Gasteiger partial charge in [-0.2, -0.15) is 0 Å². The number of nitrogens with two attached hydrogens (primary N) is 1. The van der Waals surface area contributed by atoms with Gasteiger partial charge in [-0.1, -0.05) is 24.3 Å². The quantitative estimate of drug-likeness (QED) is 0.406. The van der Waals surface area contributed by atoms with E-state index in [4.69, 9.17) is 10.6 Å². The van der Waals surface area contributed by atoms with E-state index in [1.807, 2.05) is 43.7 Å². The lowest BCUT2D eigenvalue weighted by molar-refractivity contribution is 0.0952. The second kappa shape index (κ2) is 10.4. The molecule has 9 heteroatoms. The Bertz CT molecular complexity index is 962. The number of amides is 3. The number of nitrogens with one attached hydrogen (secondary N) is 1. The van der Waals surface area contributed by atoms with Gasteiger partial charge in [-0.05, 0) is 32.2 Å². The van der Waals surface area contributed by atoms with Crippen molar-refractivity contribution in [1.82, 2.24) is 20.1 Å². The van der Waals surface area contributed by atoms with Crippen LogP contribution in [0.3, 0.4) is 0 Å². The molecule has 0 spiro atoms. The van der Waals surface area contributed by atoms with Crippen molar-refractivity contribution < 1.29 is 18.7 Å². The largest absolute Gasteiger partial charge is 0.496 e. The summed E-state index contributed by atoms with van der Waals surface area (Å²) in [5, 5.41) is 0. The Morgan fingerprint density at radius 3 is 2.50 bits per heavy atom. The highest BCUT2D eigenvalue weighted by atomic mass is 19.1. The summed E-state index contributed by atoms with van der Waals surface area (Å²) in [6.07, 6.45) is 0. The van der Waals surface area contributed by atoms with Crippen molar-refractivity contribution in [2.75, 3.05) is 40.3 Å². The first-order valence-electron chi connectivity index (χ1n) is 10.5. The molecule has 0 aliphatic carbocycles. The molecule has 2 aromatic carbocycles. The van der Waals surface area contributed by atoms with Crippen molar-refractivity contribution in [3.63, 3.8) is 0 Å². The smallest absolute Gasteiger partial charge is 0.320 e. The molecule has 1 saturated heterocycles. The van der Waals surface area contributed by atoms with Crippen LogP contribution in [0.2, 0.25) is 0 Å². The first-order chi connectivity index (χ1) is 15.3. The summed E-state index contributed by atoms with van der Waals surface area (Å²) in [6.45, 7) is 4.70. The molecule has 8 nitrogen and oxygen atoms in total. The summed E-state index contributed by atoms with van der Waals surface area (Å²) in [5.41, 5.74) is 3.24. The number of methoxy groups -OCH3 is 1. The van der Waals surface area contributed by atoms with Gasteiger partial charge in [0.2, 0.25) is 0 Å². The number of para-hydroxylation sites is 1. The number of halogens is 1. The number of nitrogens with zero attached hydrogens (tertiary/aromatic N) is 3. The Kier molecular flexibility index (Phi) is 7.66. The lowest BCUT2D eigenvalue weighted by atomic mass is 10.0. The Labute approximate surface area is 187 Å². The molecule has 3 rings (SSSR count). The van der Waals surface area contributed by atoms with E-state index in [1.54, 1.807) is 16.9 Å². The third-order valence-electron chi connectivity index (χ3n) is 5.86. The van der Waals surface area contributed by atoms with E-state index < -0.39 is 11.7 Å². The fraction of sp³-hybridized carbons (Fsp3) is 0.391. The van der Waals surface area contributed by atoms with E-state index >= 15 is 0 Å². The number of benzene rings is 2. The molecule has 0 radical (unpaired) electrons. The Balaban J connectivity index is 1.93. The summed E-state index contributed by atoms with van der Waals surface area (Å²) >= 11 is 0. The van der Waals surface area contributed by atoms with Gasteiger partial charge in [0, 0.05) is 42.9 Å². The van der Waals surface area contributed by atoms with Gasteiger partial charge in [0.15, 0.2) is 0 Å². The maximum Gasteiger partial charge on any atom is 0.320 e. The number of carbonyl (C=O) groups excluding carboxylic acids is 2. The molecule has 2 aromatic rings. The summed E-state index contributed by atoms with van der Waals surface area (Å²) in [7, 11) is 3.60. The zero-order valence-corrected chi connectivity index (χ0v) is 18.7. The van der Waals surface area contributed by atoms with Crippen LogP contribution in [-0.2, 0) is 6.54 Å². The van der Waals surface area contributed by atoms with Crippen LogP contribution in [-0.4, -0.2) is 67.0 Å². The number of carbonyl (C=O) groups is 2. The molecular weight excluding hydrogens is 413 g/mol. The van der Waals surface area contributed by atoms with Gasteiger partial charge in [0.25, 0.3) is 5.91 Å². The first-order valence-corrected chi connectivity index (χ1v) is 10.5. The van der Waals surface area contributed by atoms with Gasteiger partial charge in [-0.15, -0.1) is 0 Å². The van der Waals surface area contributed by atoms with Crippen LogP contribution in [0.4, 0.5) is 9.18 Å². The van der Waals surface area contributed by atoms with Crippen LogP contribution in [0, 0.1) is 5.82 Å². The highest BCUT2D eigenvalue weighted by Gasteiger charge is 2.30. The molecule has 1 atom stereocenters. The second-order valence-electron chi connectivity index (χ2n) is 7.90. The highest BCUT2D eigenvalue weighted by molar-refractivity contribution is 5.93. The van der Waals surface area contributed by atoms with Crippen molar-refractivity contribution in [2.24, 2.45) is 5.84 Å². The molecule has 1 aliphatic heterocycles. The van der Waals surface area contributed by atoms with E-state index in [1.165, 1.54) is 12.1 Å². The van der Waals surface area contributed by atoms with Crippen molar-refractivity contribution >= 4 is 11.9 Å². The fourth-order valence-corrected chi connectivity index (χ4v) is 3.81. The number of hydrazine groups is 1. The van der Waals surface area contributed by atoms with Gasteiger partial charge in [0.1, 0.15) is 11.6 Å². The molecule has 3 N–H and O–H groups in total. The summed E-state index contributed by atoms with van der Waals surface area (Å²) in [5.74, 6) is 4.64. The minimum absolute atomic E-state index is 0.0424. The molecule has 1 aliphatic rings. The van der Waals surface area contributed by atoms with Crippen molar-refractivity contribution in [2.45, 2.75) is 19.5 Å². The van der Waals surface area contributed by atoms with E-state index in [-0.39, 0.29) is 24.2 Å². The topological polar surface area (TPSA) is 91.1 Å². The Hall–Kier alpha value is -3.17. The van der Waals surface area contributed by atoms with Gasteiger partial charge in [-0.3, -0.25) is 10.2 Å². The maximum atomic E-state index is 14.9. The van der Waals surface area contributed by atoms with E-state index in [0.29, 0.717) is 24.4 Å². The van der Waals surface area contributed by atoms with Crippen LogP contribution in [0.5, 0.6) is 5.75 Å². The zero-order chi connectivity index (χ0) is 23.3. The van der Waals surface area contributed by atoms with Gasteiger partial charge >= 0.3 is 6.03 Å². The van der Waals surface area contributed by atoms with Crippen LogP contribution in [0.1, 0.15) is 34.5 Å². The van der Waals surface area contributed by atoms with E-state index in [2.05, 4.69) is 4.90 Å². The predicted octanol–water partition coefficient (Wildman–Crippen LogP) is 2.37. The molecule has 32 heavy (non-hydrogen) atoms. The molecule has 3 amide bonds. The average Bonchev–Trinajstić information content (AvgIpc) is 2.82. The van der Waals surface area contributed by atoms with E-state index in [9.17, 15) is 14.0 Å². The fourth-order valence-electron chi connectivity index (χ4n) is 3.81. The lowest BCUT2D eigenvalue weighted by Crippen LogP contribution is -2.52. The Morgan fingerprint density at radius 2 is 1.88 bits per heavy atom. The molecule has 172 valence electrons.